The molecule has 198 valence electrons. The van der Waals surface area contributed by atoms with E-state index in [0.29, 0.717) is 47.3 Å². The van der Waals surface area contributed by atoms with Crippen LogP contribution in [0.25, 0.3) is 0 Å². The molecule has 3 aromatic rings. The van der Waals surface area contributed by atoms with Crippen LogP contribution < -0.4 is 29.8 Å². The van der Waals surface area contributed by atoms with E-state index in [9.17, 15) is 9.59 Å². The Labute approximate surface area is 221 Å². The third-order valence-corrected chi connectivity index (χ3v) is 5.14. The van der Waals surface area contributed by atoms with Gasteiger partial charge in [0.05, 0.1) is 39.9 Å². The number of amides is 2. The first kappa shape index (κ1) is 27.7. The molecular formula is C28H30N4O6. The summed E-state index contributed by atoms with van der Waals surface area (Å²) in [6, 6.07) is 16.8. The Hall–Kier alpha value is -4.86. The zero-order valence-electron chi connectivity index (χ0n) is 21.7. The van der Waals surface area contributed by atoms with Crippen LogP contribution in [-0.4, -0.2) is 51.7 Å². The first-order valence-electron chi connectivity index (χ1n) is 11.9. The summed E-state index contributed by atoms with van der Waals surface area (Å²) in [5.74, 6) is 1.55. The fourth-order valence-corrected chi connectivity index (χ4v) is 3.31. The second-order valence-corrected chi connectivity index (χ2v) is 7.66. The third-order valence-electron chi connectivity index (χ3n) is 5.14. The number of hydrazone groups is 2. The van der Waals surface area contributed by atoms with Crippen molar-refractivity contribution in [2.45, 2.75) is 13.8 Å². The molecule has 38 heavy (non-hydrogen) atoms. The summed E-state index contributed by atoms with van der Waals surface area (Å²) < 4.78 is 21.6. The van der Waals surface area contributed by atoms with Gasteiger partial charge in [-0.05, 0) is 85.6 Å². The van der Waals surface area contributed by atoms with Gasteiger partial charge in [-0.2, -0.15) is 10.2 Å². The first-order valence-corrected chi connectivity index (χ1v) is 11.9. The minimum absolute atomic E-state index is 0.341. The molecule has 0 bridgehead atoms. The summed E-state index contributed by atoms with van der Waals surface area (Å²) in [7, 11) is 3.10. The van der Waals surface area contributed by atoms with E-state index >= 15 is 0 Å². The first-order chi connectivity index (χ1) is 18.5. The average molecular weight is 519 g/mol. The summed E-state index contributed by atoms with van der Waals surface area (Å²) in [4.78, 5) is 24.8. The second-order valence-electron chi connectivity index (χ2n) is 7.66. The van der Waals surface area contributed by atoms with Crippen LogP contribution in [-0.2, 0) is 0 Å². The monoisotopic (exact) mass is 518 g/mol. The molecule has 10 heteroatoms. The second kappa shape index (κ2) is 14.0. The van der Waals surface area contributed by atoms with Crippen molar-refractivity contribution in [1.82, 2.24) is 10.9 Å². The average Bonchev–Trinajstić information content (AvgIpc) is 2.94. The highest BCUT2D eigenvalue weighted by Crippen LogP contribution is 2.28. The number of nitrogens with zero attached hydrogens (tertiary/aromatic N) is 2. The lowest BCUT2D eigenvalue weighted by Gasteiger charge is -2.09. The molecule has 2 N–H and O–H groups in total. The molecular weight excluding hydrogens is 488 g/mol. The Morgan fingerprint density at radius 1 is 0.658 bits per heavy atom. The molecule has 0 unspecified atom stereocenters. The molecule has 0 radical (unpaired) electrons. The SMILES string of the molecule is CCOc1ccc(/C=N/NC(=O)c2ccc(C(=O)N/N=C/c3ccc(OCC)c(OC)c3)cc2)cc1OC. The van der Waals surface area contributed by atoms with Crippen LogP contribution in [0.1, 0.15) is 45.7 Å². The van der Waals surface area contributed by atoms with Crippen molar-refractivity contribution in [2.75, 3.05) is 27.4 Å². The molecule has 0 fully saturated rings. The highest BCUT2D eigenvalue weighted by molar-refractivity contribution is 5.98. The number of benzene rings is 3. The molecule has 0 saturated heterocycles. The highest BCUT2D eigenvalue weighted by Gasteiger charge is 2.09. The third kappa shape index (κ3) is 7.57. The standard InChI is InChI=1S/C28H30N4O6/c1-5-37-23-13-7-19(15-25(23)35-3)17-29-31-27(33)21-9-11-22(12-10-21)28(34)32-30-18-20-8-14-24(38-6-2)26(16-20)36-4/h7-18H,5-6H2,1-4H3,(H,31,33)(H,32,34)/b29-17+,30-18+. The van der Waals surface area contributed by atoms with Crippen molar-refractivity contribution >= 4 is 24.2 Å². The summed E-state index contributed by atoms with van der Waals surface area (Å²) in [6.45, 7) is 4.82. The Morgan fingerprint density at radius 3 is 1.39 bits per heavy atom. The molecule has 0 aliphatic carbocycles. The Kier molecular flexibility index (Phi) is 10.2. The van der Waals surface area contributed by atoms with Crippen molar-refractivity contribution < 1.29 is 28.5 Å². The van der Waals surface area contributed by atoms with Crippen molar-refractivity contribution in [3.05, 3.63) is 82.9 Å². The smallest absolute Gasteiger partial charge is 0.271 e. The van der Waals surface area contributed by atoms with Gasteiger partial charge in [0.1, 0.15) is 0 Å². The molecule has 0 aliphatic heterocycles. The van der Waals surface area contributed by atoms with Crippen LogP contribution in [0.3, 0.4) is 0 Å². The summed E-state index contributed by atoms with van der Waals surface area (Å²) in [5, 5.41) is 7.98. The van der Waals surface area contributed by atoms with Crippen molar-refractivity contribution in [1.29, 1.82) is 0 Å². The topological polar surface area (TPSA) is 120 Å². The Morgan fingerprint density at radius 2 is 1.05 bits per heavy atom. The van der Waals surface area contributed by atoms with Gasteiger partial charge in [-0.25, -0.2) is 10.9 Å². The van der Waals surface area contributed by atoms with Crippen molar-refractivity contribution in [3.8, 4) is 23.0 Å². The predicted octanol–water partition coefficient (Wildman–Crippen LogP) is 4.03. The molecule has 0 aromatic heterocycles. The maximum absolute atomic E-state index is 12.4. The number of nitrogens with one attached hydrogen (secondary N) is 2. The van der Waals surface area contributed by atoms with E-state index in [4.69, 9.17) is 18.9 Å². The summed E-state index contributed by atoms with van der Waals surface area (Å²) in [6.07, 6.45) is 2.99. The van der Waals surface area contributed by atoms with Gasteiger partial charge < -0.3 is 18.9 Å². The van der Waals surface area contributed by atoms with Crippen LogP contribution in [0.15, 0.2) is 70.9 Å². The van der Waals surface area contributed by atoms with Gasteiger partial charge in [0.25, 0.3) is 11.8 Å². The lowest BCUT2D eigenvalue weighted by Crippen LogP contribution is -2.19. The Balaban J connectivity index is 1.55. The number of carbonyl (C=O) groups excluding carboxylic acids is 2. The highest BCUT2D eigenvalue weighted by atomic mass is 16.5. The van der Waals surface area contributed by atoms with E-state index in [2.05, 4.69) is 21.1 Å². The van der Waals surface area contributed by atoms with Gasteiger partial charge in [-0.3, -0.25) is 9.59 Å². The normalized spacial score (nSPS) is 10.8. The fourth-order valence-electron chi connectivity index (χ4n) is 3.31. The van der Waals surface area contributed by atoms with Crippen LogP contribution in [0.2, 0.25) is 0 Å². The van der Waals surface area contributed by atoms with Gasteiger partial charge in [-0.1, -0.05) is 0 Å². The number of methoxy groups -OCH3 is 2. The molecule has 0 aliphatic rings. The van der Waals surface area contributed by atoms with Gasteiger partial charge >= 0.3 is 0 Å². The fraction of sp³-hybridized carbons (Fsp3) is 0.214. The van der Waals surface area contributed by atoms with Crippen LogP contribution in [0, 0.1) is 0 Å². The molecule has 10 nitrogen and oxygen atoms in total. The zero-order valence-corrected chi connectivity index (χ0v) is 21.7. The summed E-state index contributed by atoms with van der Waals surface area (Å²) in [5.41, 5.74) is 7.05. The predicted molar refractivity (Wildman–Crippen MR) is 145 cm³/mol. The molecule has 0 atom stereocenters. The van der Waals surface area contributed by atoms with E-state index in [0.717, 1.165) is 11.1 Å². The number of hydrogen-bond acceptors (Lipinski definition) is 8. The molecule has 0 heterocycles. The van der Waals surface area contributed by atoms with E-state index < -0.39 is 11.8 Å². The van der Waals surface area contributed by atoms with E-state index in [1.165, 1.54) is 36.7 Å². The van der Waals surface area contributed by atoms with E-state index in [1.807, 2.05) is 13.8 Å². The molecule has 3 aromatic carbocycles. The Bertz CT molecular complexity index is 1200. The maximum atomic E-state index is 12.4. The minimum atomic E-state index is -0.423. The van der Waals surface area contributed by atoms with Gasteiger partial charge in [0.2, 0.25) is 0 Å². The zero-order chi connectivity index (χ0) is 27.3. The van der Waals surface area contributed by atoms with E-state index in [-0.39, 0.29) is 0 Å². The van der Waals surface area contributed by atoms with Gasteiger partial charge in [0, 0.05) is 11.1 Å². The molecule has 0 spiro atoms. The molecule has 3 rings (SSSR count). The number of rotatable bonds is 12. The van der Waals surface area contributed by atoms with Crippen molar-refractivity contribution in [3.63, 3.8) is 0 Å². The minimum Gasteiger partial charge on any atom is -0.493 e. The molecule has 2 amide bonds. The van der Waals surface area contributed by atoms with Crippen molar-refractivity contribution in [2.24, 2.45) is 10.2 Å². The van der Waals surface area contributed by atoms with Gasteiger partial charge in [0.15, 0.2) is 23.0 Å². The number of carbonyl (C=O) groups is 2. The number of ether oxygens (including phenoxy) is 4. The van der Waals surface area contributed by atoms with Gasteiger partial charge in [-0.15, -0.1) is 0 Å². The largest absolute Gasteiger partial charge is 0.493 e. The maximum Gasteiger partial charge on any atom is 0.271 e. The molecule has 0 saturated carbocycles. The van der Waals surface area contributed by atoms with Crippen LogP contribution in [0.5, 0.6) is 23.0 Å². The lowest BCUT2D eigenvalue weighted by molar-refractivity contribution is 0.0943. The van der Waals surface area contributed by atoms with Crippen LogP contribution in [0.4, 0.5) is 0 Å². The lowest BCUT2D eigenvalue weighted by atomic mass is 10.1. The van der Waals surface area contributed by atoms with Crippen LogP contribution >= 0.6 is 0 Å². The quantitative estimate of drug-likeness (QED) is 0.276. The number of hydrogen-bond donors (Lipinski definition) is 2. The summed E-state index contributed by atoms with van der Waals surface area (Å²) >= 11 is 0. The van der Waals surface area contributed by atoms with E-state index in [1.54, 1.807) is 50.6 Å².